The van der Waals surface area contributed by atoms with E-state index in [9.17, 15) is 16.8 Å². The molecule has 0 saturated carbocycles. The zero-order chi connectivity index (χ0) is 24.7. The molecule has 1 heterocycles. The molecule has 1 atom stereocenters. The zero-order valence-corrected chi connectivity index (χ0v) is 21.8. The fourth-order valence-electron chi connectivity index (χ4n) is 4.27. The standard InChI is InChI=1S/C23H32N2O6S2/c1-15-12-22(17(3)10-20(15)30-6)32(26,27)24-8-9-25(19(5)14-24)33(28,29)23-13-16(2)21(31-7)11-18(23)4/h10-13,19H,8-9,14H2,1-7H3/t19-/m0/s1. The predicted molar refractivity (Wildman–Crippen MR) is 127 cm³/mol. The Morgan fingerprint density at radius 3 is 1.61 bits per heavy atom. The SMILES string of the molecule is COc1cc(C)c(S(=O)(=O)N2CCN(S(=O)(=O)c3cc(C)c(OC)cc3C)[C@@H](C)C2)cc1C. The van der Waals surface area contributed by atoms with E-state index in [1.165, 1.54) is 8.61 Å². The van der Waals surface area contributed by atoms with Crippen molar-refractivity contribution < 1.29 is 26.3 Å². The average Bonchev–Trinajstić information content (AvgIpc) is 2.75. The van der Waals surface area contributed by atoms with Crippen molar-refractivity contribution in [2.45, 2.75) is 50.5 Å². The summed E-state index contributed by atoms with van der Waals surface area (Å²) < 4.78 is 67.1. The lowest BCUT2D eigenvalue weighted by molar-refractivity contribution is 0.212. The second-order valence-electron chi connectivity index (χ2n) is 8.50. The van der Waals surface area contributed by atoms with Crippen molar-refractivity contribution in [1.82, 2.24) is 8.61 Å². The van der Waals surface area contributed by atoms with Crippen LogP contribution in [0.25, 0.3) is 0 Å². The van der Waals surface area contributed by atoms with Crippen LogP contribution < -0.4 is 9.47 Å². The maximum atomic E-state index is 13.5. The monoisotopic (exact) mass is 496 g/mol. The van der Waals surface area contributed by atoms with Crippen molar-refractivity contribution in [2.75, 3.05) is 33.9 Å². The van der Waals surface area contributed by atoms with E-state index in [1.54, 1.807) is 73.1 Å². The van der Waals surface area contributed by atoms with Gasteiger partial charge in [-0.15, -0.1) is 0 Å². The van der Waals surface area contributed by atoms with Gasteiger partial charge in [0.1, 0.15) is 11.5 Å². The molecule has 1 aliphatic heterocycles. The number of ether oxygens (including phenoxy) is 2. The van der Waals surface area contributed by atoms with Gasteiger partial charge in [-0.05, 0) is 81.1 Å². The van der Waals surface area contributed by atoms with Crippen LogP contribution in [0.4, 0.5) is 0 Å². The maximum Gasteiger partial charge on any atom is 0.243 e. The molecule has 0 N–H and O–H groups in total. The molecule has 8 nitrogen and oxygen atoms in total. The highest BCUT2D eigenvalue weighted by atomic mass is 32.2. The molecule has 0 amide bonds. The van der Waals surface area contributed by atoms with E-state index in [2.05, 4.69) is 0 Å². The summed E-state index contributed by atoms with van der Waals surface area (Å²) in [5.74, 6) is 1.25. The Bertz CT molecular complexity index is 1270. The third-order valence-electron chi connectivity index (χ3n) is 6.12. The van der Waals surface area contributed by atoms with Crippen molar-refractivity contribution in [3.8, 4) is 11.5 Å². The van der Waals surface area contributed by atoms with Gasteiger partial charge in [-0.1, -0.05) is 0 Å². The molecular formula is C23H32N2O6S2. The maximum absolute atomic E-state index is 13.5. The molecule has 0 aromatic heterocycles. The largest absolute Gasteiger partial charge is 0.496 e. The molecule has 182 valence electrons. The number of aryl methyl sites for hydroxylation is 4. The van der Waals surface area contributed by atoms with E-state index < -0.39 is 26.1 Å². The minimum absolute atomic E-state index is 0.0697. The van der Waals surface area contributed by atoms with Crippen LogP contribution in [-0.2, 0) is 20.0 Å². The fraction of sp³-hybridized carbons (Fsp3) is 0.478. The minimum atomic E-state index is -3.81. The van der Waals surface area contributed by atoms with Gasteiger partial charge in [-0.2, -0.15) is 8.61 Å². The van der Waals surface area contributed by atoms with Crippen LogP contribution in [0, 0.1) is 27.7 Å². The summed E-state index contributed by atoms with van der Waals surface area (Å²) in [6, 6.07) is 6.12. The second-order valence-corrected chi connectivity index (χ2v) is 12.3. The topological polar surface area (TPSA) is 93.2 Å². The molecule has 10 heteroatoms. The van der Waals surface area contributed by atoms with Crippen LogP contribution in [0.5, 0.6) is 11.5 Å². The Balaban J connectivity index is 1.89. The normalized spacial score (nSPS) is 18.3. The van der Waals surface area contributed by atoms with Crippen molar-refractivity contribution in [3.63, 3.8) is 0 Å². The lowest BCUT2D eigenvalue weighted by Gasteiger charge is -2.38. The molecule has 0 radical (unpaired) electrons. The van der Waals surface area contributed by atoms with Gasteiger partial charge in [0.15, 0.2) is 0 Å². The first-order valence-electron chi connectivity index (χ1n) is 10.7. The molecule has 2 aromatic carbocycles. The molecule has 0 unspecified atom stereocenters. The van der Waals surface area contributed by atoms with Gasteiger partial charge >= 0.3 is 0 Å². The Labute approximate surface area is 197 Å². The molecule has 0 spiro atoms. The molecular weight excluding hydrogens is 464 g/mol. The smallest absolute Gasteiger partial charge is 0.243 e. The molecule has 3 rings (SSSR count). The lowest BCUT2D eigenvalue weighted by atomic mass is 10.1. The lowest BCUT2D eigenvalue weighted by Crippen LogP contribution is -2.55. The van der Waals surface area contributed by atoms with Crippen molar-refractivity contribution >= 4 is 20.0 Å². The first kappa shape index (κ1) is 25.5. The highest BCUT2D eigenvalue weighted by Gasteiger charge is 2.39. The number of sulfonamides is 2. The number of hydrogen-bond acceptors (Lipinski definition) is 6. The summed E-state index contributed by atoms with van der Waals surface area (Å²) >= 11 is 0. The fourth-order valence-corrected chi connectivity index (χ4v) is 7.98. The molecule has 0 aliphatic carbocycles. The van der Waals surface area contributed by atoms with Crippen LogP contribution in [-0.4, -0.2) is 65.3 Å². The molecule has 1 aliphatic rings. The van der Waals surface area contributed by atoms with Crippen molar-refractivity contribution in [3.05, 3.63) is 46.5 Å². The molecule has 1 fully saturated rings. The first-order valence-corrected chi connectivity index (χ1v) is 13.5. The van der Waals surface area contributed by atoms with E-state index in [4.69, 9.17) is 9.47 Å². The van der Waals surface area contributed by atoms with E-state index >= 15 is 0 Å². The molecule has 33 heavy (non-hydrogen) atoms. The Hall–Kier alpha value is -2.14. The van der Waals surface area contributed by atoms with Crippen LogP contribution in [0.15, 0.2) is 34.1 Å². The van der Waals surface area contributed by atoms with Gasteiger partial charge in [0.25, 0.3) is 0 Å². The number of hydrogen-bond donors (Lipinski definition) is 0. The van der Waals surface area contributed by atoms with E-state index in [0.717, 1.165) is 11.1 Å². The summed E-state index contributed by atoms with van der Waals surface area (Å²) in [5.41, 5.74) is 2.62. The van der Waals surface area contributed by atoms with Crippen LogP contribution in [0.2, 0.25) is 0 Å². The predicted octanol–water partition coefficient (Wildman–Crippen LogP) is 3.02. The number of piperazine rings is 1. The minimum Gasteiger partial charge on any atom is -0.496 e. The van der Waals surface area contributed by atoms with Gasteiger partial charge < -0.3 is 9.47 Å². The van der Waals surface area contributed by atoms with E-state index in [-0.39, 0.29) is 29.4 Å². The van der Waals surface area contributed by atoms with Crippen molar-refractivity contribution in [2.24, 2.45) is 0 Å². The van der Waals surface area contributed by atoms with Gasteiger partial charge in [-0.25, -0.2) is 16.8 Å². The number of benzene rings is 2. The van der Waals surface area contributed by atoms with E-state index in [0.29, 0.717) is 22.6 Å². The van der Waals surface area contributed by atoms with Gasteiger partial charge in [0.05, 0.1) is 24.0 Å². The van der Waals surface area contributed by atoms with Gasteiger partial charge in [0.2, 0.25) is 20.0 Å². The Morgan fingerprint density at radius 1 is 0.727 bits per heavy atom. The summed E-state index contributed by atoms with van der Waals surface area (Å²) in [6.45, 7) is 9.00. The number of methoxy groups -OCH3 is 2. The van der Waals surface area contributed by atoms with Crippen LogP contribution in [0.3, 0.4) is 0 Å². The quantitative estimate of drug-likeness (QED) is 0.610. The van der Waals surface area contributed by atoms with Crippen molar-refractivity contribution in [1.29, 1.82) is 0 Å². The first-order chi connectivity index (χ1) is 15.3. The highest BCUT2D eigenvalue weighted by molar-refractivity contribution is 7.89. The number of rotatable bonds is 6. The highest BCUT2D eigenvalue weighted by Crippen LogP contribution is 2.32. The molecule has 2 aromatic rings. The van der Waals surface area contributed by atoms with Crippen LogP contribution >= 0.6 is 0 Å². The third kappa shape index (κ3) is 4.62. The number of nitrogens with zero attached hydrogens (tertiary/aromatic N) is 2. The summed E-state index contributed by atoms with van der Waals surface area (Å²) in [4.78, 5) is 0.427. The van der Waals surface area contributed by atoms with E-state index in [1.807, 2.05) is 0 Å². The van der Waals surface area contributed by atoms with Gasteiger partial charge in [-0.3, -0.25) is 0 Å². The molecule has 1 saturated heterocycles. The van der Waals surface area contributed by atoms with Gasteiger partial charge in [0, 0.05) is 25.7 Å². The summed E-state index contributed by atoms with van der Waals surface area (Å²) in [7, 11) is -4.51. The third-order valence-corrected chi connectivity index (χ3v) is 10.3. The second kappa shape index (κ2) is 9.25. The Kier molecular flexibility index (Phi) is 7.14. The summed E-state index contributed by atoms with van der Waals surface area (Å²) in [5, 5.41) is 0. The zero-order valence-electron chi connectivity index (χ0n) is 20.2. The molecule has 0 bridgehead atoms. The Morgan fingerprint density at radius 2 is 1.18 bits per heavy atom. The average molecular weight is 497 g/mol. The van der Waals surface area contributed by atoms with Crippen LogP contribution in [0.1, 0.15) is 29.2 Å². The summed E-state index contributed by atoms with van der Waals surface area (Å²) in [6.07, 6.45) is 0.